The minimum absolute atomic E-state index is 0.245. The van der Waals surface area contributed by atoms with Gasteiger partial charge in [-0.1, -0.05) is 6.92 Å². The largest absolute Gasteiger partial charge is 0.391 e. The van der Waals surface area contributed by atoms with Crippen molar-refractivity contribution < 1.29 is 5.11 Å². The smallest absolute Gasteiger partial charge is 0.155 e. The zero-order valence-corrected chi connectivity index (χ0v) is 11.0. The lowest BCUT2D eigenvalue weighted by atomic mass is 9.97. The molecule has 5 heteroatoms. The summed E-state index contributed by atoms with van der Waals surface area (Å²) in [6.07, 6.45) is 3.88. The molecule has 1 saturated heterocycles. The lowest BCUT2D eigenvalue weighted by Gasteiger charge is -2.30. The van der Waals surface area contributed by atoms with Gasteiger partial charge in [0.05, 0.1) is 12.6 Å². The first-order valence-corrected chi connectivity index (χ1v) is 7.10. The van der Waals surface area contributed by atoms with Gasteiger partial charge in [-0.2, -0.15) is 5.10 Å². The zero-order valence-electron chi connectivity index (χ0n) is 11.0. The molecule has 0 aliphatic carbocycles. The molecular formula is C13H22N4O. The lowest BCUT2D eigenvalue weighted by Crippen LogP contribution is -2.34. The van der Waals surface area contributed by atoms with E-state index in [-0.39, 0.29) is 6.10 Å². The number of aryl methyl sites for hydroxylation is 1. The number of nitrogens with zero attached hydrogens (tertiary/aromatic N) is 4. The van der Waals surface area contributed by atoms with Gasteiger partial charge in [0, 0.05) is 18.9 Å². The van der Waals surface area contributed by atoms with E-state index >= 15 is 0 Å². The number of rotatable bonds is 2. The van der Waals surface area contributed by atoms with Gasteiger partial charge in [0.15, 0.2) is 5.82 Å². The summed E-state index contributed by atoms with van der Waals surface area (Å²) in [6, 6.07) is 0. The number of aliphatic hydroxyl groups excluding tert-OH is 1. The number of hydrogen-bond acceptors (Lipinski definition) is 4. The second kappa shape index (κ2) is 4.97. The Hall–Kier alpha value is -0.940. The van der Waals surface area contributed by atoms with Crippen molar-refractivity contribution in [3.8, 4) is 0 Å². The number of fused-ring (bicyclic) bond motifs is 1. The van der Waals surface area contributed by atoms with Crippen molar-refractivity contribution in [3.05, 3.63) is 11.6 Å². The maximum absolute atomic E-state index is 9.66. The third kappa shape index (κ3) is 2.29. The van der Waals surface area contributed by atoms with Gasteiger partial charge in [-0.05, 0) is 32.4 Å². The standard InChI is InChI=1S/C13H22N4O/c1-2-16-7-3-4-10(8-16)13-14-12-6-5-11(18)9-17(12)15-13/h10-11,18H,2-9H2,1H3. The molecule has 3 heterocycles. The Morgan fingerprint density at radius 1 is 1.33 bits per heavy atom. The quantitative estimate of drug-likeness (QED) is 0.843. The van der Waals surface area contributed by atoms with Gasteiger partial charge in [-0.3, -0.25) is 0 Å². The van der Waals surface area contributed by atoms with E-state index in [0.717, 1.165) is 37.6 Å². The Kier molecular flexibility index (Phi) is 3.35. The third-order valence-electron chi connectivity index (χ3n) is 4.17. The molecule has 1 aromatic rings. The van der Waals surface area contributed by atoms with Crippen molar-refractivity contribution in [1.29, 1.82) is 0 Å². The number of aromatic nitrogens is 3. The first kappa shape index (κ1) is 12.1. The van der Waals surface area contributed by atoms with Crippen LogP contribution >= 0.6 is 0 Å². The summed E-state index contributed by atoms with van der Waals surface area (Å²) in [5, 5.41) is 14.3. The topological polar surface area (TPSA) is 54.2 Å². The average molecular weight is 250 g/mol. The highest BCUT2D eigenvalue weighted by atomic mass is 16.3. The van der Waals surface area contributed by atoms with Gasteiger partial charge >= 0.3 is 0 Å². The molecule has 2 unspecified atom stereocenters. The summed E-state index contributed by atoms with van der Waals surface area (Å²) < 4.78 is 1.91. The molecule has 0 spiro atoms. The van der Waals surface area contributed by atoms with Crippen LogP contribution in [0.25, 0.3) is 0 Å². The predicted octanol–water partition coefficient (Wildman–Crippen LogP) is 0.784. The number of aliphatic hydroxyl groups is 1. The first-order chi connectivity index (χ1) is 8.76. The Morgan fingerprint density at radius 2 is 2.22 bits per heavy atom. The molecule has 0 saturated carbocycles. The van der Waals surface area contributed by atoms with Gasteiger partial charge in [-0.15, -0.1) is 0 Å². The highest BCUT2D eigenvalue weighted by Crippen LogP contribution is 2.25. The fourth-order valence-electron chi connectivity index (χ4n) is 3.04. The molecule has 1 fully saturated rings. The molecule has 0 radical (unpaired) electrons. The van der Waals surface area contributed by atoms with Crippen molar-refractivity contribution in [2.45, 2.75) is 51.2 Å². The number of likely N-dealkylation sites (tertiary alicyclic amines) is 1. The molecule has 2 aliphatic heterocycles. The van der Waals surface area contributed by atoms with Crippen LogP contribution in [0.4, 0.5) is 0 Å². The van der Waals surface area contributed by atoms with Crippen LogP contribution in [0.1, 0.15) is 43.8 Å². The van der Waals surface area contributed by atoms with Gasteiger partial charge in [0.25, 0.3) is 0 Å². The van der Waals surface area contributed by atoms with Crippen LogP contribution in [0.3, 0.4) is 0 Å². The number of hydrogen-bond donors (Lipinski definition) is 1. The van der Waals surface area contributed by atoms with Gasteiger partial charge < -0.3 is 10.0 Å². The minimum Gasteiger partial charge on any atom is -0.391 e. The molecule has 18 heavy (non-hydrogen) atoms. The molecule has 0 amide bonds. The maximum atomic E-state index is 9.66. The van der Waals surface area contributed by atoms with E-state index < -0.39 is 0 Å². The second-order valence-electron chi connectivity index (χ2n) is 5.49. The maximum Gasteiger partial charge on any atom is 0.155 e. The van der Waals surface area contributed by atoms with Crippen LogP contribution in [0, 0.1) is 0 Å². The Balaban J connectivity index is 1.76. The van der Waals surface area contributed by atoms with Crippen LogP contribution in [0.2, 0.25) is 0 Å². The van der Waals surface area contributed by atoms with E-state index in [9.17, 15) is 5.11 Å². The molecule has 1 N–H and O–H groups in total. The predicted molar refractivity (Wildman–Crippen MR) is 68.4 cm³/mol. The van der Waals surface area contributed by atoms with Crippen LogP contribution in [0.5, 0.6) is 0 Å². The fourth-order valence-corrected chi connectivity index (χ4v) is 3.04. The minimum atomic E-state index is -0.245. The summed E-state index contributed by atoms with van der Waals surface area (Å²) in [7, 11) is 0. The molecular weight excluding hydrogens is 228 g/mol. The molecule has 1 aromatic heterocycles. The monoisotopic (exact) mass is 250 g/mol. The highest BCUT2D eigenvalue weighted by molar-refractivity contribution is 5.04. The Bertz CT molecular complexity index is 417. The van der Waals surface area contributed by atoms with Crippen LogP contribution in [0.15, 0.2) is 0 Å². The molecule has 100 valence electrons. The van der Waals surface area contributed by atoms with Crippen LogP contribution < -0.4 is 0 Å². The SMILES string of the molecule is CCN1CCCC(c2nc3n(n2)CC(O)CC3)C1. The van der Waals surface area contributed by atoms with Crippen molar-refractivity contribution >= 4 is 0 Å². The molecule has 0 aromatic carbocycles. The van der Waals surface area contributed by atoms with Crippen molar-refractivity contribution in [2.24, 2.45) is 0 Å². The van der Waals surface area contributed by atoms with Crippen molar-refractivity contribution in [3.63, 3.8) is 0 Å². The summed E-state index contributed by atoms with van der Waals surface area (Å²) in [5.41, 5.74) is 0. The van der Waals surface area contributed by atoms with Gasteiger partial charge in [0.2, 0.25) is 0 Å². The van der Waals surface area contributed by atoms with E-state index in [4.69, 9.17) is 4.98 Å². The van der Waals surface area contributed by atoms with E-state index in [0.29, 0.717) is 12.5 Å². The van der Waals surface area contributed by atoms with Gasteiger partial charge in [0.1, 0.15) is 5.82 Å². The molecule has 2 atom stereocenters. The van der Waals surface area contributed by atoms with Crippen LogP contribution in [-0.4, -0.2) is 50.5 Å². The Morgan fingerprint density at radius 3 is 3.06 bits per heavy atom. The second-order valence-corrected chi connectivity index (χ2v) is 5.49. The van der Waals surface area contributed by atoms with E-state index in [1.165, 1.54) is 19.4 Å². The van der Waals surface area contributed by atoms with Gasteiger partial charge in [-0.25, -0.2) is 9.67 Å². The molecule has 3 rings (SSSR count). The molecule has 5 nitrogen and oxygen atoms in total. The van der Waals surface area contributed by atoms with E-state index in [1.54, 1.807) is 0 Å². The number of piperidine rings is 1. The molecule has 0 bridgehead atoms. The average Bonchev–Trinajstić information content (AvgIpc) is 2.81. The summed E-state index contributed by atoms with van der Waals surface area (Å²) >= 11 is 0. The summed E-state index contributed by atoms with van der Waals surface area (Å²) in [6.45, 7) is 6.24. The lowest BCUT2D eigenvalue weighted by molar-refractivity contribution is 0.124. The first-order valence-electron chi connectivity index (χ1n) is 7.10. The third-order valence-corrected chi connectivity index (χ3v) is 4.17. The summed E-state index contributed by atoms with van der Waals surface area (Å²) in [4.78, 5) is 7.17. The summed E-state index contributed by atoms with van der Waals surface area (Å²) in [5.74, 6) is 2.54. The normalized spacial score (nSPS) is 29.2. The van der Waals surface area contributed by atoms with Crippen molar-refractivity contribution in [2.75, 3.05) is 19.6 Å². The van der Waals surface area contributed by atoms with E-state index in [1.807, 2.05) is 4.68 Å². The van der Waals surface area contributed by atoms with Crippen LogP contribution in [-0.2, 0) is 13.0 Å². The Labute approximate surface area is 108 Å². The zero-order chi connectivity index (χ0) is 12.5. The molecule has 2 aliphatic rings. The highest BCUT2D eigenvalue weighted by Gasteiger charge is 2.26. The number of likely N-dealkylation sites (N-methyl/N-ethyl adjacent to an activating group) is 1. The van der Waals surface area contributed by atoms with E-state index in [2.05, 4.69) is 16.9 Å². The van der Waals surface area contributed by atoms with Crippen molar-refractivity contribution in [1.82, 2.24) is 19.7 Å². The fraction of sp³-hybridized carbons (Fsp3) is 0.846.